The van der Waals surface area contributed by atoms with Gasteiger partial charge in [0, 0.05) is 21.6 Å². The van der Waals surface area contributed by atoms with Crippen molar-refractivity contribution in [1.29, 1.82) is 0 Å². The van der Waals surface area contributed by atoms with Gasteiger partial charge in [0.1, 0.15) is 17.2 Å². The molecule has 0 amide bonds. The number of nitrogens with zero attached hydrogens (tertiary/aromatic N) is 1. The second-order valence-corrected chi connectivity index (χ2v) is 5.56. The fraction of sp³-hybridized carbons (Fsp3) is 0.133. The minimum atomic E-state index is -0.538. The molecule has 1 unspecified atom stereocenters. The predicted octanol–water partition coefficient (Wildman–Crippen LogP) is 4.09. The molecule has 0 spiro atoms. The van der Waals surface area contributed by atoms with E-state index < -0.39 is 11.9 Å². The maximum Gasteiger partial charge on any atom is 0.141 e. The minimum absolute atomic E-state index is 0.408. The Morgan fingerprint density at radius 1 is 1.30 bits per heavy atom. The lowest BCUT2D eigenvalue weighted by molar-refractivity contribution is 0.518. The number of hydrogen-bond acceptors (Lipinski definition) is 3. The van der Waals surface area contributed by atoms with E-state index in [-0.39, 0.29) is 0 Å². The molecule has 2 aromatic heterocycles. The normalized spacial score (nSPS) is 12.8. The summed E-state index contributed by atoms with van der Waals surface area (Å²) in [6.45, 7) is 1.95. The maximum absolute atomic E-state index is 13.2. The molecule has 5 heteroatoms. The van der Waals surface area contributed by atoms with Crippen molar-refractivity contribution in [3.63, 3.8) is 0 Å². The van der Waals surface area contributed by atoms with Gasteiger partial charge in [0.25, 0.3) is 0 Å². The van der Waals surface area contributed by atoms with Gasteiger partial charge in [-0.1, -0.05) is 15.9 Å². The lowest BCUT2D eigenvalue weighted by Gasteiger charge is -2.09. The van der Waals surface area contributed by atoms with Crippen molar-refractivity contribution < 1.29 is 8.81 Å². The van der Waals surface area contributed by atoms with Crippen molar-refractivity contribution in [1.82, 2.24) is 4.98 Å². The van der Waals surface area contributed by atoms with Crippen molar-refractivity contribution in [2.75, 3.05) is 0 Å². The van der Waals surface area contributed by atoms with E-state index in [1.165, 1.54) is 6.07 Å². The highest BCUT2D eigenvalue weighted by atomic mass is 79.9. The number of benzene rings is 1. The lowest BCUT2D eigenvalue weighted by Crippen LogP contribution is -2.12. The summed E-state index contributed by atoms with van der Waals surface area (Å²) >= 11 is 3.41. The molecular formula is C15H12BrFN2O. The monoisotopic (exact) mass is 334 g/mol. The van der Waals surface area contributed by atoms with E-state index in [2.05, 4.69) is 20.9 Å². The number of furan rings is 1. The Bertz CT molecular complexity index is 785. The molecule has 1 atom stereocenters. The second-order valence-electron chi connectivity index (χ2n) is 4.65. The first kappa shape index (κ1) is 13.3. The first-order valence-electron chi connectivity index (χ1n) is 6.11. The summed E-state index contributed by atoms with van der Waals surface area (Å²) in [5.74, 6) is 0.222. The summed E-state index contributed by atoms with van der Waals surface area (Å²) in [5, 5.41) is 1.00. The van der Waals surface area contributed by atoms with Gasteiger partial charge in [0.2, 0.25) is 0 Å². The van der Waals surface area contributed by atoms with Crippen LogP contribution in [0.2, 0.25) is 0 Å². The molecule has 0 fully saturated rings. The van der Waals surface area contributed by atoms with Gasteiger partial charge in [-0.2, -0.15) is 0 Å². The number of halogens is 2. The van der Waals surface area contributed by atoms with E-state index in [1.54, 1.807) is 6.20 Å². The molecule has 0 saturated carbocycles. The highest BCUT2D eigenvalue weighted by Crippen LogP contribution is 2.32. The third kappa shape index (κ3) is 2.23. The Balaban J connectivity index is 2.12. The van der Waals surface area contributed by atoms with Crippen LogP contribution in [-0.4, -0.2) is 4.98 Å². The van der Waals surface area contributed by atoms with Crippen LogP contribution in [0.1, 0.15) is 22.9 Å². The third-order valence-electron chi connectivity index (χ3n) is 3.30. The van der Waals surface area contributed by atoms with Gasteiger partial charge in [-0.25, -0.2) is 4.39 Å². The molecule has 102 valence electrons. The molecule has 2 heterocycles. The van der Waals surface area contributed by atoms with E-state index in [0.29, 0.717) is 11.3 Å². The van der Waals surface area contributed by atoms with Crippen molar-refractivity contribution >= 4 is 26.9 Å². The summed E-state index contributed by atoms with van der Waals surface area (Å²) in [6.07, 6.45) is 2.70. The number of fused-ring (bicyclic) bond motifs is 1. The smallest absolute Gasteiger partial charge is 0.141 e. The zero-order valence-electron chi connectivity index (χ0n) is 10.7. The van der Waals surface area contributed by atoms with Crippen molar-refractivity contribution in [2.45, 2.75) is 13.0 Å². The van der Waals surface area contributed by atoms with Crippen LogP contribution in [-0.2, 0) is 0 Å². The highest BCUT2D eigenvalue weighted by molar-refractivity contribution is 9.10. The van der Waals surface area contributed by atoms with E-state index in [9.17, 15) is 4.39 Å². The molecule has 3 rings (SSSR count). The quantitative estimate of drug-likeness (QED) is 0.768. The summed E-state index contributed by atoms with van der Waals surface area (Å²) in [7, 11) is 0. The van der Waals surface area contributed by atoms with Crippen LogP contribution in [0.15, 0.2) is 45.5 Å². The highest BCUT2D eigenvalue weighted by Gasteiger charge is 2.19. The van der Waals surface area contributed by atoms with Gasteiger partial charge < -0.3 is 10.2 Å². The lowest BCUT2D eigenvalue weighted by atomic mass is 10.0. The van der Waals surface area contributed by atoms with Crippen LogP contribution >= 0.6 is 15.9 Å². The zero-order valence-corrected chi connectivity index (χ0v) is 12.3. The Morgan fingerprint density at radius 3 is 2.85 bits per heavy atom. The average Bonchev–Trinajstić information content (AvgIpc) is 2.74. The number of pyridine rings is 1. The topological polar surface area (TPSA) is 52.0 Å². The molecule has 20 heavy (non-hydrogen) atoms. The number of aryl methyl sites for hydroxylation is 1. The number of rotatable bonds is 2. The molecule has 0 saturated heterocycles. The van der Waals surface area contributed by atoms with Crippen LogP contribution in [0.25, 0.3) is 11.0 Å². The van der Waals surface area contributed by atoms with Gasteiger partial charge in [-0.05, 0) is 36.8 Å². The molecule has 3 nitrogen and oxygen atoms in total. The van der Waals surface area contributed by atoms with Crippen molar-refractivity contribution in [2.24, 2.45) is 5.73 Å². The molecule has 0 aliphatic rings. The van der Waals surface area contributed by atoms with Gasteiger partial charge in [0.05, 0.1) is 12.2 Å². The summed E-state index contributed by atoms with van der Waals surface area (Å²) in [6, 6.07) is 6.65. The SMILES string of the molecule is Cc1c(C(N)c2cncc(F)c2)oc2cc(Br)ccc12. The van der Waals surface area contributed by atoms with E-state index in [0.717, 1.165) is 27.2 Å². The van der Waals surface area contributed by atoms with Crippen LogP contribution in [0.3, 0.4) is 0 Å². The van der Waals surface area contributed by atoms with Gasteiger partial charge in [-0.15, -0.1) is 0 Å². The number of nitrogens with two attached hydrogens (primary N) is 1. The van der Waals surface area contributed by atoms with Crippen molar-refractivity contribution in [3.05, 3.63) is 63.8 Å². The van der Waals surface area contributed by atoms with E-state index in [1.807, 2.05) is 25.1 Å². The number of hydrogen-bond donors (Lipinski definition) is 1. The number of aromatic nitrogens is 1. The third-order valence-corrected chi connectivity index (χ3v) is 3.80. The Kier molecular flexibility index (Phi) is 3.31. The standard InChI is InChI=1S/C15H12BrFN2O/c1-8-12-3-2-10(16)5-13(12)20-15(8)14(18)9-4-11(17)7-19-6-9/h2-7,14H,18H2,1H3. The van der Waals surface area contributed by atoms with Crippen LogP contribution < -0.4 is 5.73 Å². The second kappa shape index (κ2) is 5.00. The van der Waals surface area contributed by atoms with Crippen molar-refractivity contribution in [3.8, 4) is 0 Å². The summed E-state index contributed by atoms with van der Waals surface area (Å²) in [4.78, 5) is 3.82. The first-order valence-corrected chi connectivity index (χ1v) is 6.90. The molecule has 1 aromatic carbocycles. The first-order chi connectivity index (χ1) is 9.56. The van der Waals surface area contributed by atoms with E-state index >= 15 is 0 Å². The van der Waals surface area contributed by atoms with Crippen LogP contribution in [0.4, 0.5) is 4.39 Å². The molecule has 3 aromatic rings. The van der Waals surface area contributed by atoms with Gasteiger partial charge in [0.15, 0.2) is 0 Å². The molecule has 0 aliphatic heterocycles. The van der Waals surface area contributed by atoms with Crippen LogP contribution in [0, 0.1) is 12.7 Å². The molecule has 0 bridgehead atoms. The predicted molar refractivity (Wildman–Crippen MR) is 78.9 cm³/mol. The molecule has 2 N–H and O–H groups in total. The van der Waals surface area contributed by atoms with E-state index in [4.69, 9.17) is 10.2 Å². The zero-order chi connectivity index (χ0) is 14.3. The Hall–Kier alpha value is -1.72. The average molecular weight is 335 g/mol. The largest absolute Gasteiger partial charge is 0.459 e. The fourth-order valence-corrected chi connectivity index (χ4v) is 2.60. The molecular weight excluding hydrogens is 323 g/mol. The molecule has 0 aliphatic carbocycles. The van der Waals surface area contributed by atoms with Gasteiger partial charge >= 0.3 is 0 Å². The summed E-state index contributed by atoms with van der Waals surface area (Å²) in [5.41, 5.74) is 8.48. The minimum Gasteiger partial charge on any atom is -0.459 e. The fourth-order valence-electron chi connectivity index (χ4n) is 2.26. The maximum atomic E-state index is 13.2. The summed E-state index contributed by atoms with van der Waals surface area (Å²) < 4.78 is 20.0. The van der Waals surface area contributed by atoms with Gasteiger partial charge in [-0.3, -0.25) is 4.98 Å². The van der Waals surface area contributed by atoms with Crippen LogP contribution in [0.5, 0.6) is 0 Å². The Morgan fingerprint density at radius 2 is 2.10 bits per heavy atom. The molecule has 0 radical (unpaired) electrons. The Labute approximate surface area is 123 Å².